The molecule has 14 heteroatoms. The Morgan fingerprint density at radius 3 is 2.54 bits per heavy atom. The average Bonchev–Trinajstić information content (AvgIpc) is 3.40. The second kappa shape index (κ2) is 13.6. The molecule has 0 bridgehead atoms. The van der Waals surface area contributed by atoms with E-state index >= 15 is 0 Å². The first-order valence-electron chi connectivity index (χ1n) is 12.8. The Bertz CT molecular complexity index is 1490. The number of aryl methyl sites for hydroxylation is 1. The zero-order valence-corrected chi connectivity index (χ0v) is 24.3. The molecule has 2 aromatic carbocycles. The lowest BCUT2D eigenvalue weighted by atomic mass is 10.1. The van der Waals surface area contributed by atoms with E-state index in [-0.39, 0.29) is 31.3 Å². The lowest BCUT2D eigenvalue weighted by molar-refractivity contribution is -0.136. The molecule has 1 aromatic heterocycles. The SMILES string of the molecule is Cc1cn([C@H]2CO[C@@H](COP(=O)(N[C@@H](CC(C)C)C(=O)Oc3ccccc3)Oc3ccc(Cl)cc3)O2)c(=O)[nH]c1=O. The molecule has 1 aliphatic heterocycles. The van der Waals surface area contributed by atoms with Gasteiger partial charge in [-0.3, -0.25) is 18.9 Å². The van der Waals surface area contributed by atoms with E-state index in [0.717, 1.165) is 0 Å². The molecule has 4 atom stereocenters. The number of rotatable bonds is 12. The van der Waals surface area contributed by atoms with Crippen LogP contribution in [0.4, 0.5) is 0 Å². The summed E-state index contributed by atoms with van der Waals surface area (Å²) in [6.45, 7) is 4.94. The number of aromatic nitrogens is 2. The highest BCUT2D eigenvalue weighted by molar-refractivity contribution is 7.52. The molecule has 1 fully saturated rings. The summed E-state index contributed by atoms with van der Waals surface area (Å²) >= 11 is 5.97. The number of benzene rings is 2. The van der Waals surface area contributed by atoms with Crippen molar-refractivity contribution in [3.63, 3.8) is 0 Å². The van der Waals surface area contributed by atoms with Gasteiger partial charge < -0.3 is 18.7 Å². The van der Waals surface area contributed by atoms with Crippen molar-refractivity contribution in [3.8, 4) is 11.5 Å². The van der Waals surface area contributed by atoms with E-state index in [1.54, 1.807) is 49.4 Å². The van der Waals surface area contributed by atoms with Gasteiger partial charge in [0.25, 0.3) is 5.56 Å². The third-order valence-electron chi connectivity index (χ3n) is 5.88. The monoisotopic (exact) mass is 607 g/mol. The van der Waals surface area contributed by atoms with Gasteiger partial charge in [0.1, 0.15) is 24.1 Å². The molecule has 4 rings (SSSR count). The lowest BCUT2D eigenvalue weighted by Crippen LogP contribution is -2.40. The van der Waals surface area contributed by atoms with E-state index in [1.807, 2.05) is 13.8 Å². The first kappa shape index (κ1) is 30.7. The molecule has 1 aliphatic rings. The van der Waals surface area contributed by atoms with E-state index in [9.17, 15) is 18.9 Å². The number of aromatic amines is 1. The van der Waals surface area contributed by atoms with Gasteiger partial charge in [0, 0.05) is 16.8 Å². The third-order valence-corrected chi connectivity index (χ3v) is 7.70. The minimum absolute atomic E-state index is 0.0149. The lowest BCUT2D eigenvalue weighted by Gasteiger charge is -2.26. The Labute approximate surface area is 241 Å². The molecule has 1 saturated heterocycles. The molecule has 41 heavy (non-hydrogen) atoms. The fourth-order valence-corrected chi connectivity index (χ4v) is 5.52. The van der Waals surface area contributed by atoms with Crippen LogP contribution in [0.15, 0.2) is 70.4 Å². The fourth-order valence-electron chi connectivity index (χ4n) is 3.90. The number of para-hydroxylation sites is 1. The average molecular weight is 608 g/mol. The summed E-state index contributed by atoms with van der Waals surface area (Å²) in [7, 11) is -4.27. The van der Waals surface area contributed by atoms with Gasteiger partial charge in [-0.25, -0.2) is 14.2 Å². The van der Waals surface area contributed by atoms with Crippen molar-refractivity contribution < 1.29 is 32.6 Å². The van der Waals surface area contributed by atoms with Gasteiger partial charge in [0.05, 0.1) is 6.61 Å². The van der Waals surface area contributed by atoms with Crippen molar-refractivity contribution in [2.24, 2.45) is 5.92 Å². The second-order valence-corrected chi connectivity index (χ2v) is 11.8. The van der Waals surface area contributed by atoms with Crippen LogP contribution in [-0.4, -0.2) is 41.1 Å². The molecule has 0 spiro atoms. The van der Waals surface area contributed by atoms with Crippen LogP contribution in [0.3, 0.4) is 0 Å². The van der Waals surface area contributed by atoms with Gasteiger partial charge in [-0.1, -0.05) is 43.6 Å². The van der Waals surface area contributed by atoms with Crippen molar-refractivity contribution >= 4 is 25.3 Å². The van der Waals surface area contributed by atoms with Crippen molar-refractivity contribution in [3.05, 3.63) is 92.2 Å². The van der Waals surface area contributed by atoms with Gasteiger partial charge in [-0.15, -0.1) is 0 Å². The summed E-state index contributed by atoms with van der Waals surface area (Å²) in [6.07, 6.45) is -0.270. The number of nitrogens with zero attached hydrogens (tertiary/aromatic N) is 1. The summed E-state index contributed by atoms with van der Waals surface area (Å²) in [5, 5.41) is 3.17. The van der Waals surface area contributed by atoms with Gasteiger partial charge in [-0.2, -0.15) is 5.09 Å². The largest absolute Gasteiger partial charge is 0.459 e. The number of carbonyl (C=O) groups excluding carboxylic acids is 1. The molecule has 0 saturated carbocycles. The normalized spacial score (nSPS) is 19.0. The molecule has 2 heterocycles. The predicted octanol–water partition coefficient (Wildman–Crippen LogP) is 4.18. The second-order valence-electron chi connectivity index (χ2n) is 9.72. The van der Waals surface area contributed by atoms with Crippen molar-refractivity contribution in [1.29, 1.82) is 0 Å². The smallest absolute Gasteiger partial charge is 0.425 e. The number of ether oxygens (including phenoxy) is 3. The molecule has 220 valence electrons. The number of esters is 1. The van der Waals surface area contributed by atoms with Crippen LogP contribution in [0.1, 0.15) is 32.1 Å². The van der Waals surface area contributed by atoms with E-state index in [4.69, 9.17) is 34.9 Å². The highest BCUT2D eigenvalue weighted by atomic mass is 35.5. The van der Waals surface area contributed by atoms with Gasteiger partial charge in [-0.05, 0) is 55.7 Å². The molecule has 0 radical (unpaired) electrons. The Balaban J connectivity index is 1.51. The minimum Gasteiger partial charge on any atom is -0.425 e. The molecule has 12 nitrogen and oxygen atoms in total. The number of halogens is 1. The zero-order chi connectivity index (χ0) is 29.6. The van der Waals surface area contributed by atoms with Crippen LogP contribution < -0.4 is 25.6 Å². The number of carbonyl (C=O) groups is 1. The molecular weight excluding hydrogens is 577 g/mol. The Kier molecular flexibility index (Phi) is 10.2. The topological polar surface area (TPSA) is 147 Å². The molecule has 2 N–H and O–H groups in total. The van der Waals surface area contributed by atoms with Crippen LogP contribution in [0.2, 0.25) is 5.02 Å². The molecule has 1 unspecified atom stereocenters. The first-order chi connectivity index (χ1) is 19.5. The van der Waals surface area contributed by atoms with Crippen molar-refractivity contribution in [2.75, 3.05) is 13.2 Å². The van der Waals surface area contributed by atoms with Gasteiger partial charge in [0.2, 0.25) is 0 Å². The van der Waals surface area contributed by atoms with Gasteiger partial charge >= 0.3 is 19.4 Å². The Morgan fingerprint density at radius 1 is 1.15 bits per heavy atom. The van der Waals surface area contributed by atoms with E-state index in [2.05, 4.69) is 10.1 Å². The van der Waals surface area contributed by atoms with Crippen LogP contribution >= 0.6 is 19.3 Å². The summed E-state index contributed by atoms with van der Waals surface area (Å²) in [4.78, 5) is 39.3. The van der Waals surface area contributed by atoms with E-state index in [0.29, 0.717) is 16.3 Å². The first-order valence-corrected chi connectivity index (χ1v) is 14.8. The standard InChI is InChI=1S/C27H31ClN3O9P/c1-17(2)13-22(26(33)38-20-7-5-4-6-8-20)30-41(35,40-21-11-9-19(28)10-12-21)37-16-24-36-15-23(39-24)31-14-18(3)25(32)29-27(31)34/h4-12,14,17,22-24H,13,15-16H2,1-3H3,(H,30,35)(H,29,32,34)/t22-,23+,24+,41?/m0/s1. The summed E-state index contributed by atoms with van der Waals surface area (Å²) in [5.41, 5.74) is -0.850. The minimum atomic E-state index is -4.27. The van der Waals surface area contributed by atoms with Crippen LogP contribution in [-0.2, 0) is 23.4 Å². The predicted molar refractivity (Wildman–Crippen MR) is 150 cm³/mol. The third kappa shape index (κ3) is 8.62. The molecular formula is C27H31ClN3O9P. The number of hydrogen-bond donors (Lipinski definition) is 2. The molecule has 3 aromatic rings. The molecule has 0 aliphatic carbocycles. The maximum Gasteiger partial charge on any atom is 0.459 e. The van der Waals surface area contributed by atoms with E-state index in [1.165, 1.54) is 22.9 Å². The van der Waals surface area contributed by atoms with E-state index < -0.39 is 43.5 Å². The number of H-pyrrole nitrogens is 1. The zero-order valence-electron chi connectivity index (χ0n) is 22.7. The maximum atomic E-state index is 14.1. The number of nitrogens with one attached hydrogen (secondary N) is 2. The van der Waals surface area contributed by atoms with Crippen molar-refractivity contribution in [1.82, 2.24) is 14.6 Å². The van der Waals surface area contributed by atoms with Crippen LogP contribution in [0.5, 0.6) is 11.5 Å². The van der Waals surface area contributed by atoms with Crippen LogP contribution in [0.25, 0.3) is 0 Å². The Morgan fingerprint density at radius 2 is 1.85 bits per heavy atom. The highest BCUT2D eigenvalue weighted by Crippen LogP contribution is 2.46. The fraction of sp³-hybridized carbons (Fsp3) is 0.370. The summed E-state index contributed by atoms with van der Waals surface area (Å²) in [5.74, 6) is -0.156. The summed E-state index contributed by atoms with van der Waals surface area (Å²) in [6, 6.07) is 13.5. The number of hydrogen-bond acceptors (Lipinski definition) is 9. The quantitative estimate of drug-likeness (QED) is 0.174. The maximum absolute atomic E-state index is 14.1. The van der Waals surface area contributed by atoms with Crippen molar-refractivity contribution in [2.45, 2.75) is 45.8 Å². The van der Waals surface area contributed by atoms with Gasteiger partial charge in [0.15, 0.2) is 12.5 Å². The van der Waals surface area contributed by atoms with Crippen LogP contribution in [0, 0.1) is 12.8 Å². The summed E-state index contributed by atoms with van der Waals surface area (Å²) < 4.78 is 43.5. The highest BCUT2D eigenvalue weighted by Gasteiger charge is 2.38. The molecule has 0 amide bonds. The Hall–Kier alpha value is -3.25.